The molecule has 0 aliphatic carbocycles. The molecule has 112 valence electrons. The van der Waals surface area contributed by atoms with Gasteiger partial charge >= 0.3 is 0 Å². The zero-order valence-corrected chi connectivity index (χ0v) is 12.9. The molecule has 5 heteroatoms. The summed E-state index contributed by atoms with van der Waals surface area (Å²) in [7, 11) is -0.719. The van der Waals surface area contributed by atoms with E-state index in [1.54, 1.807) is 0 Å². The van der Waals surface area contributed by atoms with Crippen LogP contribution in [0.2, 0.25) is 0 Å². The average molecular weight is 296 g/mol. The van der Waals surface area contributed by atoms with Gasteiger partial charge in [0.05, 0.1) is 11.5 Å². The summed E-state index contributed by atoms with van der Waals surface area (Å²) < 4.78 is 23.1. The number of sulfone groups is 1. The van der Waals surface area contributed by atoms with Crippen molar-refractivity contribution in [3.8, 4) is 0 Å². The van der Waals surface area contributed by atoms with Gasteiger partial charge in [-0.05, 0) is 32.0 Å². The molecule has 1 saturated heterocycles. The van der Waals surface area contributed by atoms with Crippen LogP contribution in [-0.4, -0.2) is 57.5 Å². The Morgan fingerprint density at radius 1 is 1.25 bits per heavy atom. The van der Waals surface area contributed by atoms with Crippen LogP contribution in [0.3, 0.4) is 0 Å². The summed E-state index contributed by atoms with van der Waals surface area (Å²) in [5.41, 5.74) is 1.35. The number of hydrogen-bond donors (Lipinski definition) is 1. The number of nitrogens with one attached hydrogen (secondary N) is 1. The Bertz CT molecular complexity index is 502. The molecule has 0 radical (unpaired) electrons. The number of nitrogens with zero attached hydrogens (tertiary/aromatic N) is 1. The second-order valence-electron chi connectivity index (χ2n) is 5.59. The Morgan fingerprint density at radius 2 is 2.00 bits per heavy atom. The molecule has 4 nitrogen and oxygen atoms in total. The Kier molecular flexibility index (Phi) is 5.57. The van der Waals surface area contributed by atoms with Gasteiger partial charge in [-0.15, -0.1) is 0 Å². The molecule has 1 heterocycles. The standard InChI is InChI=1S/C15H24N2O2S/c1-17(10-7-14-5-3-2-4-6-14)11-8-15-13-20(18,19)12-9-16-15/h2-6,15-16H,7-13H2,1H3. The van der Waals surface area contributed by atoms with Gasteiger partial charge in [0, 0.05) is 19.1 Å². The van der Waals surface area contributed by atoms with Crippen LogP contribution in [0.1, 0.15) is 12.0 Å². The lowest BCUT2D eigenvalue weighted by atomic mass is 10.1. The van der Waals surface area contributed by atoms with Crippen molar-refractivity contribution in [1.82, 2.24) is 10.2 Å². The third-order valence-electron chi connectivity index (χ3n) is 3.79. The maximum atomic E-state index is 11.6. The van der Waals surface area contributed by atoms with Crippen LogP contribution >= 0.6 is 0 Å². The first-order valence-corrected chi connectivity index (χ1v) is 9.03. The SMILES string of the molecule is CN(CCc1ccccc1)CCC1CS(=O)(=O)CCN1. The molecule has 2 rings (SSSR count). The van der Waals surface area contributed by atoms with Crippen LogP contribution in [-0.2, 0) is 16.3 Å². The quantitative estimate of drug-likeness (QED) is 0.849. The molecule has 20 heavy (non-hydrogen) atoms. The van der Waals surface area contributed by atoms with Crippen molar-refractivity contribution in [2.45, 2.75) is 18.9 Å². The summed E-state index contributed by atoms with van der Waals surface area (Å²) >= 11 is 0. The first-order valence-electron chi connectivity index (χ1n) is 7.21. The number of likely N-dealkylation sites (N-methyl/N-ethyl adjacent to an activating group) is 1. The molecule has 1 fully saturated rings. The molecule has 1 aliphatic rings. The Hall–Kier alpha value is -0.910. The van der Waals surface area contributed by atoms with E-state index in [-0.39, 0.29) is 11.8 Å². The fourth-order valence-corrected chi connectivity index (χ4v) is 4.00. The normalized spacial score (nSPS) is 22.0. The van der Waals surface area contributed by atoms with Crippen LogP contribution in [0.5, 0.6) is 0 Å². The maximum Gasteiger partial charge on any atom is 0.153 e. The van der Waals surface area contributed by atoms with Crippen molar-refractivity contribution in [3.05, 3.63) is 35.9 Å². The Balaban J connectivity index is 1.68. The number of hydrogen-bond acceptors (Lipinski definition) is 4. The van der Waals surface area contributed by atoms with E-state index in [9.17, 15) is 8.42 Å². The zero-order valence-electron chi connectivity index (χ0n) is 12.1. The lowest BCUT2D eigenvalue weighted by Gasteiger charge is -2.26. The first kappa shape index (κ1) is 15.5. The molecule has 0 aromatic heterocycles. The summed E-state index contributed by atoms with van der Waals surface area (Å²) in [4.78, 5) is 2.27. The van der Waals surface area contributed by atoms with Gasteiger partial charge in [0.1, 0.15) is 0 Å². The highest BCUT2D eigenvalue weighted by atomic mass is 32.2. The van der Waals surface area contributed by atoms with E-state index >= 15 is 0 Å². The molecule has 0 spiro atoms. The molecule has 0 saturated carbocycles. The minimum absolute atomic E-state index is 0.118. The molecule has 1 aromatic carbocycles. The molecule has 1 aromatic rings. The summed E-state index contributed by atoms with van der Waals surface area (Å²) in [6, 6.07) is 10.6. The second kappa shape index (κ2) is 7.20. The third kappa shape index (κ3) is 5.23. The first-order chi connectivity index (χ1) is 9.55. The fourth-order valence-electron chi connectivity index (χ4n) is 2.51. The summed E-state index contributed by atoms with van der Waals surface area (Å²) in [6.07, 6.45) is 1.93. The van der Waals surface area contributed by atoms with Crippen LogP contribution in [0, 0.1) is 0 Å². The van der Waals surface area contributed by atoms with Crippen molar-refractivity contribution < 1.29 is 8.42 Å². The van der Waals surface area contributed by atoms with Gasteiger partial charge in [0.15, 0.2) is 9.84 Å². The van der Waals surface area contributed by atoms with Gasteiger partial charge < -0.3 is 10.2 Å². The van der Waals surface area contributed by atoms with E-state index in [1.807, 2.05) is 6.07 Å². The van der Waals surface area contributed by atoms with Gasteiger partial charge in [0.2, 0.25) is 0 Å². The monoisotopic (exact) mass is 296 g/mol. The highest BCUT2D eigenvalue weighted by molar-refractivity contribution is 7.91. The third-order valence-corrected chi connectivity index (χ3v) is 5.52. The predicted molar refractivity (Wildman–Crippen MR) is 82.7 cm³/mol. The summed E-state index contributed by atoms with van der Waals surface area (Å²) in [5.74, 6) is 0.576. The van der Waals surface area contributed by atoms with E-state index < -0.39 is 9.84 Å². The highest BCUT2D eigenvalue weighted by Crippen LogP contribution is 2.06. The Labute approximate surface area is 122 Å². The molecule has 1 atom stereocenters. The maximum absolute atomic E-state index is 11.6. The van der Waals surface area contributed by atoms with E-state index in [2.05, 4.69) is 41.5 Å². The lowest BCUT2D eigenvalue weighted by Crippen LogP contribution is -2.46. The topological polar surface area (TPSA) is 49.4 Å². The average Bonchev–Trinajstić information content (AvgIpc) is 2.43. The summed E-state index contributed by atoms with van der Waals surface area (Å²) in [5, 5.41) is 3.30. The lowest BCUT2D eigenvalue weighted by molar-refractivity contribution is 0.313. The van der Waals surface area contributed by atoms with Crippen LogP contribution in [0.25, 0.3) is 0 Å². The van der Waals surface area contributed by atoms with E-state index in [0.29, 0.717) is 12.3 Å². The molecule has 1 aliphatic heterocycles. The predicted octanol–water partition coefficient (Wildman–Crippen LogP) is 0.938. The van der Waals surface area contributed by atoms with Gasteiger partial charge in [0.25, 0.3) is 0 Å². The van der Waals surface area contributed by atoms with Crippen molar-refractivity contribution in [3.63, 3.8) is 0 Å². The van der Waals surface area contributed by atoms with Gasteiger partial charge in [-0.3, -0.25) is 0 Å². The number of rotatable bonds is 6. The van der Waals surface area contributed by atoms with Crippen LogP contribution in [0.4, 0.5) is 0 Å². The van der Waals surface area contributed by atoms with Crippen molar-refractivity contribution >= 4 is 9.84 Å². The molecular weight excluding hydrogens is 272 g/mol. The molecule has 0 bridgehead atoms. The number of benzene rings is 1. The van der Waals surface area contributed by atoms with Crippen molar-refractivity contribution in [2.75, 3.05) is 38.2 Å². The van der Waals surface area contributed by atoms with Gasteiger partial charge in [-0.2, -0.15) is 0 Å². The molecular formula is C15H24N2O2S. The second-order valence-corrected chi connectivity index (χ2v) is 7.82. The smallest absolute Gasteiger partial charge is 0.153 e. The van der Waals surface area contributed by atoms with E-state index in [4.69, 9.17) is 0 Å². The minimum atomic E-state index is -2.82. The largest absolute Gasteiger partial charge is 0.312 e. The van der Waals surface area contributed by atoms with Crippen molar-refractivity contribution in [1.29, 1.82) is 0 Å². The van der Waals surface area contributed by atoms with Crippen molar-refractivity contribution in [2.24, 2.45) is 0 Å². The van der Waals surface area contributed by atoms with E-state index in [1.165, 1.54) is 5.56 Å². The van der Waals surface area contributed by atoms with E-state index in [0.717, 1.165) is 25.9 Å². The van der Waals surface area contributed by atoms with Gasteiger partial charge in [-0.25, -0.2) is 8.42 Å². The Morgan fingerprint density at radius 3 is 2.70 bits per heavy atom. The zero-order chi connectivity index (χ0) is 14.4. The van der Waals surface area contributed by atoms with Crippen LogP contribution in [0.15, 0.2) is 30.3 Å². The minimum Gasteiger partial charge on any atom is -0.312 e. The van der Waals surface area contributed by atoms with Crippen LogP contribution < -0.4 is 5.32 Å². The van der Waals surface area contributed by atoms with Gasteiger partial charge in [-0.1, -0.05) is 30.3 Å². The fraction of sp³-hybridized carbons (Fsp3) is 0.600. The molecule has 1 unspecified atom stereocenters. The summed E-state index contributed by atoms with van der Waals surface area (Å²) in [6.45, 7) is 2.53. The molecule has 1 N–H and O–H groups in total. The highest BCUT2D eigenvalue weighted by Gasteiger charge is 2.23. The molecule has 0 amide bonds.